The number of piperazine rings is 1. The van der Waals surface area contributed by atoms with Gasteiger partial charge in [-0.1, -0.05) is 11.6 Å². The predicted octanol–water partition coefficient (Wildman–Crippen LogP) is 5.91. The zero-order chi connectivity index (χ0) is 26.5. The third-order valence-electron chi connectivity index (χ3n) is 6.49. The molecule has 1 amide bonds. The van der Waals surface area contributed by atoms with E-state index in [1.54, 1.807) is 32.2 Å². The third kappa shape index (κ3) is 6.12. The van der Waals surface area contributed by atoms with Gasteiger partial charge in [-0.3, -0.25) is 14.6 Å². The lowest BCUT2D eigenvalue weighted by Crippen LogP contribution is -2.48. The molecule has 2 aromatic heterocycles. The van der Waals surface area contributed by atoms with Gasteiger partial charge in [-0.2, -0.15) is 0 Å². The number of methoxy groups -OCH3 is 1. The summed E-state index contributed by atoms with van der Waals surface area (Å²) in [5.41, 5.74) is 0.850. The summed E-state index contributed by atoms with van der Waals surface area (Å²) in [6.07, 6.45) is 0.00651. The van der Waals surface area contributed by atoms with Gasteiger partial charge in [0, 0.05) is 62.9 Å². The fourth-order valence-electron chi connectivity index (χ4n) is 4.53. The van der Waals surface area contributed by atoms with Crippen LogP contribution in [0.5, 0.6) is 0 Å². The van der Waals surface area contributed by atoms with Gasteiger partial charge in [-0.05, 0) is 57.5 Å². The number of halogens is 1. The van der Waals surface area contributed by atoms with Crippen molar-refractivity contribution in [1.29, 1.82) is 0 Å². The van der Waals surface area contributed by atoms with Crippen LogP contribution in [0.2, 0.25) is 5.02 Å². The summed E-state index contributed by atoms with van der Waals surface area (Å²) in [7, 11) is 1.60. The fourth-order valence-corrected chi connectivity index (χ4v) is 5.70. The summed E-state index contributed by atoms with van der Waals surface area (Å²) in [4.78, 5) is 33.6. The molecule has 0 N–H and O–H groups in total. The van der Waals surface area contributed by atoms with Crippen LogP contribution in [0.25, 0.3) is 11.0 Å². The molecule has 1 saturated heterocycles. The average Bonchev–Trinajstić information content (AvgIpc) is 3.52. The third-order valence-corrected chi connectivity index (χ3v) is 7.87. The Morgan fingerprint density at radius 2 is 1.92 bits per heavy atom. The van der Waals surface area contributed by atoms with E-state index in [0.29, 0.717) is 52.2 Å². The van der Waals surface area contributed by atoms with Crippen molar-refractivity contribution in [3.05, 3.63) is 46.0 Å². The number of thiophene rings is 1. The van der Waals surface area contributed by atoms with E-state index >= 15 is 0 Å². The highest BCUT2D eigenvalue weighted by atomic mass is 35.5. The molecular formula is C27H34ClN3O5S. The summed E-state index contributed by atoms with van der Waals surface area (Å²) in [5.74, 6) is -0.179. The number of ketones is 1. The molecule has 3 heterocycles. The second-order valence-electron chi connectivity index (χ2n) is 9.20. The van der Waals surface area contributed by atoms with Crippen molar-refractivity contribution in [3.8, 4) is 0 Å². The number of anilines is 2. The summed E-state index contributed by atoms with van der Waals surface area (Å²) in [5, 5.41) is 2.12. The summed E-state index contributed by atoms with van der Waals surface area (Å²) in [6.45, 7) is 10.9. The largest absolute Gasteiger partial charge is 0.450 e. The van der Waals surface area contributed by atoms with Gasteiger partial charge >= 0.3 is 6.09 Å². The number of hydrogen-bond donors (Lipinski definition) is 0. The van der Waals surface area contributed by atoms with Crippen LogP contribution in [-0.4, -0.2) is 75.9 Å². The molecule has 0 bridgehead atoms. The topological polar surface area (TPSA) is 75.5 Å². The van der Waals surface area contributed by atoms with Gasteiger partial charge < -0.3 is 18.8 Å². The highest BCUT2D eigenvalue weighted by molar-refractivity contribution is 7.18. The van der Waals surface area contributed by atoms with E-state index in [0.717, 1.165) is 31.2 Å². The molecule has 10 heteroatoms. The number of carbonyl (C=O) groups is 2. The fraction of sp³-hybridized carbons (Fsp3) is 0.481. The zero-order valence-electron chi connectivity index (χ0n) is 21.8. The second-order valence-corrected chi connectivity index (χ2v) is 10.7. The Balaban J connectivity index is 1.68. The number of rotatable bonds is 10. The van der Waals surface area contributed by atoms with E-state index in [1.165, 1.54) is 16.2 Å². The number of nitrogens with zero attached hydrogens (tertiary/aromatic N) is 3. The van der Waals surface area contributed by atoms with Gasteiger partial charge in [0.05, 0.1) is 16.5 Å². The number of amides is 1. The van der Waals surface area contributed by atoms with Gasteiger partial charge in [0.15, 0.2) is 0 Å². The molecule has 0 spiro atoms. The predicted molar refractivity (Wildman–Crippen MR) is 149 cm³/mol. The molecule has 37 heavy (non-hydrogen) atoms. The van der Waals surface area contributed by atoms with Crippen LogP contribution in [0.4, 0.5) is 15.5 Å². The zero-order valence-corrected chi connectivity index (χ0v) is 23.4. The van der Waals surface area contributed by atoms with Crippen molar-refractivity contribution < 1.29 is 23.5 Å². The first-order valence-electron chi connectivity index (χ1n) is 12.6. The first-order chi connectivity index (χ1) is 17.8. The quantitative estimate of drug-likeness (QED) is 0.231. The van der Waals surface area contributed by atoms with Crippen LogP contribution in [0.1, 0.15) is 42.6 Å². The SMILES string of the molecule is CCOC(=O)N(CCCOC)c1c(C(=O)c2ccc(N3CCN(C(C)C)CC3)s2)oc2ccc(Cl)cc12. The number of hydrogen-bond acceptors (Lipinski definition) is 8. The van der Waals surface area contributed by atoms with Crippen LogP contribution >= 0.6 is 22.9 Å². The monoisotopic (exact) mass is 547 g/mol. The average molecular weight is 548 g/mol. The summed E-state index contributed by atoms with van der Waals surface area (Å²) >= 11 is 7.74. The van der Waals surface area contributed by atoms with E-state index in [9.17, 15) is 9.59 Å². The van der Waals surface area contributed by atoms with Crippen LogP contribution in [0.3, 0.4) is 0 Å². The molecule has 0 unspecified atom stereocenters. The van der Waals surface area contributed by atoms with E-state index in [-0.39, 0.29) is 18.2 Å². The van der Waals surface area contributed by atoms with Crippen molar-refractivity contribution in [2.75, 3.05) is 62.8 Å². The molecule has 200 valence electrons. The standard InChI is InChI=1S/C27H34ClN3O5S/c1-5-35-27(33)31(11-6-16-34-4)24-20-17-19(28)7-8-21(20)36-26(24)25(32)22-9-10-23(37-22)30-14-12-29(13-15-30)18(2)3/h7-10,17-18H,5-6,11-16H2,1-4H3. The number of carbonyl (C=O) groups excluding carboxylic acids is 2. The maximum Gasteiger partial charge on any atom is 0.414 e. The Morgan fingerprint density at radius 3 is 2.59 bits per heavy atom. The van der Waals surface area contributed by atoms with Crippen LogP contribution < -0.4 is 9.80 Å². The smallest absolute Gasteiger partial charge is 0.414 e. The Hall–Kier alpha value is -2.59. The minimum Gasteiger partial charge on any atom is -0.450 e. The summed E-state index contributed by atoms with van der Waals surface area (Å²) in [6, 6.07) is 9.47. The Bertz CT molecular complexity index is 1230. The summed E-state index contributed by atoms with van der Waals surface area (Å²) < 4.78 is 16.6. The number of ether oxygens (including phenoxy) is 2. The van der Waals surface area contributed by atoms with Crippen molar-refractivity contribution in [2.45, 2.75) is 33.2 Å². The van der Waals surface area contributed by atoms with E-state index in [4.69, 9.17) is 25.5 Å². The minimum atomic E-state index is -0.551. The minimum absolute atomic E-state index is 0.0979. The molecule has 0 aliphatic carbocycles. The van der Waals surface area contributed by atoms with Crippen molar-refractivity contribution in [1.82, 2.24) is 4.90 Å². The van der Waals surface area contributed by atoms with Gasteiger partial charge in [0.1, 0.15) is 11.3 Å². The van der Waals surface area contributed by atoms with Gasteiger partial charge in [0.2, 0.25) is 11.5 Å². The highest BCUT2D eigenvalue weighted by Gasteiger charge is 2.31. The normalized spacial score (nSPS) is 14.5. The Morgan fingerprint density at radius 1 is 1.16 bits per heavy atom. The van der Waals surface area contributed by atoms with Crippen molar-refractivity contribution >= 4 is 56.5 Å². The second kappa shape index (κ2) is 12.3. The maximum atomic E-state index is 13.8. The van der Waals surface area contributed by atoms with E-state index < -0.39 is 6.09 Å². The molecule has 8 nitrogen and oxygen atoms in total. The maximum absolute atomic E-state index is 13.8. The van der Waals surface area contributed by atoms with Crippen LogP contribution in [-0.2, 0) is 9.47 Å². The first kappa shape index (κ1) is 27.4. The Kier molecular flexibility index (Phi) is 9.13. The molecule has 4 rings (SSSR count). The molecule has 1 fully saturated rings. The molecule has 1 aliphatic rings. The number of benzene rings is 1. The lowest BCUT2D eigenvalue weighted by Gasteiger charge is -2.37. The highest BCUT2D eigenvalue weighted by Crippen LogP contribution is 2.39. The number of furan rings is 1. The molecular weight excluding hydrogens is 514 g/mol. The molecule has 1 aliphatic heterocycles. The van der Waals surface area contributed by atoms with Gasteiger partial charge in [0.25, 0.3) is 0 Å². The molecule has 1 aromatic carbocycles. The molecule has 0 atom stereocenters. The van der Waals surface area contributed by atoms with Crippen molar-refractivity contribution in [3.63, 3.8) is 0 Å². The molecule has 0 saturated carbocycles. The van der Waals surface area contributed by atoms with Gasteiger partial charge in [-0.15, -0.1) is 11.3 Å². The van der Waals surface area contributed by atoms with Crippen LogP contribution in [0, 0.1) is 0 Å². The molecule has 3 aromatic rings. The Labute approximate surface area is 226 Å². The van der Waals surface area contributed by atoms with Gasteiger partial charge in [-0.25, -0.2) is 4.79 Å². The van der Waals surface area contributed by atoms with E-state index in [1.807, 2.05) is 12.1 Å². The van der Waals surface area contributed by atoms with Crippen LogP contribution in [0.15, 0.2) is 34.7 Å². The number of fused-ring (bicyclic) bond motifs is 1. The van der Waals surface area contributed by atoms with Crippen molar-refractivity contribution in [2.24, 2.45) is 0 Å². The first-order valence-corrected chi connectivity index (χ1v) is 13.8. The lowest BCUT2D eigenvalue weighted by molar-refractivity contribution is 0.102. The van der Waals surface area contributed by atoms with E-state index in [2.05, 4.69) is 23.6 Å². The molecule has 0 radical (unpaired) electrons. The lowest BCUT2D eigenvalue weighted by atomic mass is 10.1.